The van der Waals surface area contributed by atoms with E-state index in [0.29, 0.717) is 5.82 Å². The summed E-state index contributed by atoms with van der Waals surface area (Å²) in [6.07, 6.45) is 0. The lowest BCUT2D eigenvalue weighted by atomic mass is 9.98. The number of para-hydroxylation sites is 2. The van der Waals surface area contributed by atoms with Gasteiger partial charge in [0.15, 0.2) is 5.82 Å². The Kier molecular flexibility index (Phi) is 8.36. The molecule has 0 bridgehead atoms. The Labute approximate surface area is 373 Å². The van der Waals surface area contributed by atoms with Gasteiger partial charge in [-0.25, -0.2) is 15.0 Å². The molecule has 64 heavy (non-hydrogen) atoms. The van der Waals surface area contributed by atoms with Gasteiger partial charge in [-0.15, -0.1) is 11.3 Å². The van der Waals surface area contributed by atoms with Crippen LogP contribution in [0.2, 0.25) is 0 Å². The lowest BCUT2D eigenvalue weighted by Gasteiger charge is -2.12. The molecule has 4 nitrogen and oxygen atoms in total. The van der Waals surface area contributed by atoms with Gasteiger partial charge in [-0.2, -0.15) is 0 Å². The Morgan fingerprint density at radius 1 is 0.359 bits per heavy atom. The number of rotatable bonds is 6. The van der Waals surface area contributed by atoms with Crippen molar-refractivity contribution in [1.29, 1.82) is 0 Å². The van der Waals surface area contributed by atoms with Crippen LogP contribution < -0.4 is 0 Å². The Morgan fingerprint density at radius 3 is 1.64 bits per heavy atom. The average Bonchev–Trinajstić information content (AvgIpc) is 3.93. The van der Waals surface area contributed by atoms with Crippen molar-refractivity contribution < 1.29 is 0 Å². The zero-order valence-electron chi connectivity index (χ0n) is 34.5. The van der Waals surface area contributed by atoms with Gasteiger partial charge in [-0.3, -0.25) is 0 Å². The van der Waals surface area contributed by atoms with Crippen LogP contribution in [-0.2, 0) is 0 Å². The molecule has 0 N–H and O–H groups in total. The molecule has 298 valence electrons. The third kappa shape index (κ3) is 6.01. The third-order valence-corrected chi connectivity index (χ3v) is 13.8. The zero-order valence-corrected chi connectivity index (χ0v) is 35.3. The predicted octanol–water partition coefficient (Wildman–Crippen LogP) is 16.0. The van der Waals surface area contributed by atoms with Gasteiger partial charge < -0.3 is 4.57 Å². The van der Waals surface area contributed by atoms with Gasteiger partial charge >= 0.3 is 0 Å². The van der Waals surface area contributed by atoms with Crippen molar-refractivity contribution in [1.82, 2.24) is 19.5 Å². The molecule has 0 aliphatic heterocycles. The van der Waals surface area contributed by atoms with Crippen molar-refractivity contribution in [3.05, 3.63) is 218 Å². The summed E-state index contributed by atoms with van der Waals surface area (Å²) in [6.45, 7) is 0. The maximum atomic E-state index is 5.36. The van der Waals surface area contributed by atoms with E-state index in [1.807, 2.05) is 29.5 Å². The molecule has 0 spiro atoms. The first-order valence-corrected chi connectivity index (χ1v) is 22.4. The van der Waals surface area contributed by atoms with Crippen LogP contribution in [0.3, 0.4) is 0 Å². The zero-order chi connectivity index (χ0) is 42.1. The highest BCUT2D eigenvalue weighted by atomic mass is 32.1. The van der Waals surface area contributed by atoms with Gasteiger partial charge in [0.05, 0.1) is 38.3 Å². The normalized spacial score (nSPS) is 11.8. The number of hydrogen-bond acceptors (Lipinski definition) is 4. The van der Waals surface area contributed by atoms with Gasteiger partial charge in [0.25, 0.3) is 0 Å². The monoisotopic (exact) mass is 832 g/mol. The van der Waals surface area contributed by atoms with Crippen LogP contribution in [0.25, 0.3) is 126 Å². The van der Waals surface area contributed by atoms with Crippen LogP contribution in [0.4, 0.5) is 0 Å². The molecule has 0 aliphatic rings. The van der Waals surface area contributed by atoms with Crippen molar-refractivity contribution in [3.63, 3.8) is 0 Å². The molecule has 0 saturated carbocycles. The molecule has 0 radical (unpaired) electrons. The summed E-state index contributed by atoms with van der Waals surface area (Å²) in [7, 11) is 0. The molecule has 0 unspecified atom stereocenters. The number of nitrogens with zero attached hydrogens (tertiary/aromatic N) is 4. The average molecular weight is 833 g/mol. The van der Waals surface area contributed by atoms with Crippen molar-refractivity contribution in [2.45, 2.75) is 0 Å². The number of aromatic nitrogens is 4. The van der Waals surface area contributed by atoms with Crippen molar-refractivity contribution in [2.75, 3.05) is 0 Å². The van der Waals surface area contributed by atoms with Gasteiger partial charge in [0.2, 0.25) is 0 Å². The molecule has 0 amide bonds. The van der Waals surface area contributed by atoms with Crippen LogP contribution in [-0.4, -0.2) is 19.5 Å². The highest BCUT2D eigenvalue weighted by Crippen LogP contribution is 2.44. The number of thiophene rings is 1. The summed E-state index contributed by atoms with van der Waals surface area (Å²) in [4.78, 5) is 15.7. The first-order chi connectivity index (χ1) is 31.7. The van der Waals surface area contributed by atoms with Crippen LogP contribution in [0.5, 0.6) is 0 Å². The van der Waals surface area contributed by atoms with Crippen LogP contribution in [0.1, 0.15) is 0 Å². The molecule has 4 aromatic heterocycles. The minimum absolute atomic E-state index is 0.693. The van der Waals surface area contributed by atoms with E-state index in [-0.39, 0.29) is 0 Å². The topological polar surface area (TPSA) is 43.6 Å². The summed E-state index contributed by atoms with van der Waals surface area (Å²) in [5.41, 5.74) is 13.6. The van der Waals surface area contributed by atoms with Crippen molar-refractivity contribution in [2.24, 2.45) is 0 Å². The lowest BCUT2D eigenvalue weighted by Crippen LogP contribution is -1.97. The fourth-order valence-electron chi connectivity index (χ4n) is 9.49. The predicted molar refractivity (Wildman–Crippen MR) is 269 cm³/mol. The van der Waals surface area contributed by atoms with Gasteiger partial charge in [-0.05, 0) is 70.4 Å². The Bertz CT molecular complexity index is 3890. The summed E-state index contributed by atoms with van der Waals surface area (Å²) in [5, 5.41) is 8.67. The quantitative estimate of drug-likeness (QED) is 0.157. The van der Waals surface area contributed by atoms with Crippen LogP contribution in [0, 0.1) is 0 Å². The van der Waals surface area contributed by atoms with E-state index < -0.39 is 0 Å². The van der Waals surface area contributed by atoms with E-state index in [4.69, 9.17) is 15.0 Å². The minimum atomic E-state index is 0.693. The Balaban J connectivity index is 0.870. The summed E-state index contributed by atoms with van der Waals surface area (Å²) in [5.74, 6) is 0.693. The number of hydrogen-bond donors (Lipinski definition) is 0. The number of benzene rings is 9. The molecule has 4 heterocycles. The first-order valence-electron chi connectivity index (χ1n) is 21.6. The maximum absolute atomic E-state index is 5.36. The van der Waals surface area contributed by atoms with E-state index >= 15 is 0 Å². The molecule has 0 fully saturated rings. The van der Waals surface area contributed by atoms with E-state index in [0.717, 1.165) is 61.7 Å². The number of fused-ring (bicyclic) bond motifs is 9. The van der Waals surface area contributed by atoms with Gasteiger partial charge in [0, 0.05) is 59.6 Å². The fraction of sp³-hybridized carbons (Fsp3) is 0. The molecule has 13 aromatic rings. The van der Waals surface area contributed by atoms with Crippen LogP contribution >= 0.6 is 11.3 Å². The number of pyridine rings is 1. The van der Waals surface area contributed by atoms with Crippen LogP contribution in [0.15, 0.2) is 218 Å². The maximum Gasteiger partial charge on any atom is 0.160 e. The second-order valence-corrected chi connectivity index (χ2v) is 17.4. The highest BCUT2D eigenvalue weighted by molar-refractivity contribution is 7.26. The van der Waals surface area contributed by atoms with E-state index in [9.17, 15) is 0 Å². The molecular formula is C59H36N4S. The molecule has 0 saturated heterocycles. The van der Waals surface area contributed by atoms with Gasteiger partial charge in [0.1, 0.15) is 0 Å². The molecule has 0 aliphatic carbocycles. The summed E-state index contributed by atoms with van der Waals surface area (Å²) in [6, 6.07) is 77.8. The smallest absolute Gasteiger partial charge is 0.160 e. The molecular weight excluding hydrogens is 797 g/mol. The highest BCUT2D eigenvalue weighted by Gasteiger charge is 2.18. The SMILES string of the molecule is c1ccc(-c2nc(-c3ccc(-c4ccc(-c5nc6cc7ccccc7cc6c6c5sc5ccccc56)cc4)cc3)cc(-c3cccc(-n4c5ccccc5c5ccccc54)c3)n2)cc1. The first kappa shape index (κ1) is 36.4. The Hall–Kier alpha value is -8.25. The molecule has 13 rings (SSSR count). The molecule has 5 heteroatoms. The second-order valence-electron chi connectivity index (χ2n) is 16.4. The standard InChI is InChI=1S/C59H36N4S/c1-2-13-41(14-3-1)59-61-50(36-51(62-59)44-17-12-18-45(33-44)63-53-22-9-6-19-46(53)47-20-7-10-23-54(47)63)39-29-25-37(26-30-39)38-27-31-40(32-28-38)57-58-56(48-21-8-11-24-55(48)64-58)49-34-42-15-4-5-16-43(42)35-52(49)60-57/h1-36H. The largest absolute Gasteiger partial charge is 0.309 e. The second kappa shape index (κ2) is 14.7. The van der Waals surface area contributed by atoms with Crippen molar-refractivity contribution in [3.8, 4) is 62.0 Å². The summed E-state index contributed by atoms with van der Waals surface area (Å²) >= 11 is 1.83. The van der Waals surface area contributed by atoms with Crippen molar-refractivity contribution >= 4 is 75.0 Å². The van der Waals surface area contributed by atoms with E-state index in [2.05, 4.69) is 205 Å². The van der Waals surface area contributed by atoms with E-state index in [1.54, 1.807) is 0 Å². The van der Waals surface area contributed by atoms with E-state index in [1.165, 1.54) is 58.1 Å². The molecule has 0 atom stereocenters. The minimum Gasteiger partial charge on any atom is -0.309 e. The Morgan fingerprint density at radius 2 is 0.922 bits per heavy atom. The lowest BCUT2D eigenvalue weighted by molar-refractivity contribution is 1.16. The summed E-state index contributed by atoms with van der Waals surface area (Å²) < 4.78 is 4.85. The third-order valence-electron chi connectivity index (χ3n) is 12.6. The molecule has 9 aromatic carbocycles. The fourth-order valence-corrected chi connectivity index (χ4v) is 10.7. The van der Waals surface area contributed by atoms with Gasteiger partial charge in [-0.1, -0.05) is 170 Å².